The maximum Gasteiger partial charge on any atom is 0.337 e. The van der Waals surface area contributed by atoms with Gasteiger partial charge in [0.15, 0.2) is 17.2 Å². The van der Waals surface area contributed by atoms with Crippen molar-refractivity contribution in [1.82, 2.24) is 0 Å². The predicted molar refractivity (Wildman–Crippen MR) is 90.0 cm³/mol. The van der Waals surface area contributed by atoms with Crippen molar-refractivity contribution in [3.8, 4) is 28.7 Å². The van der Waals surface area contributed by atoms with Crippen LogP contribution in [0.25, 0.3) is 11.1 Å². The zero-order chi connectivity index (χ0) is 18.6. The summed E-state index contributed by atoms with van der Waals surface area (Å²) in [6.45, 7) is 3.08. The molecule has 0 saturated heterocycles. The highest BCUT2D eigenvalue weighted by atomic mass is 19.1. The van der Waals surface area contributed by atoms with E-state index in [4.69, 9.17) is 14.7 Å². The van der Waals surface area contributed by atoms with Crippen molar-refractivity contribution < 1.29 is 23.4 Å². The Labute approximate surface area is 145 Å². The van der Waals surface area contributed by atoms with Crippen molar-refractivity contribution >= 4 is 5.97 Å². The highest BCUT2D eigenvalue weighted by molar-refractivity contribution is 5.90. The third kappa shape index (κ3) is 4.07. The molecule has 0 amide bonds. The van der Waals surface area contributed by atoms with E-state index in [-0.39, 0.29) is 11.3 Å². The maximum absolute atomic E-state index is 14.9. The maximum atomic E-state index is 14.9. The van der Waals surface area contributed by atoms with Crippen LogP contribution in [0.2, 0.25) is 0 Å². The van der Waals surface area contributed by atoms with Crippen molar-refractivity contribution in [2.45, 2.75) is 19.4 Å². The van der Waals surface area contributed by atoms with E-state index in [0.717, 1.165) is 0 Å². The Balaban J connectivity index is 2.50. The molecule has 0 aliphatic heterocycles. The van der Waals surface area contributed by atoms with Crippen molar-refractivity contribution in [3.05, 3.63) is 47.8 Å². The van der Waals surface area contributed by atoms with Gasteiger partial charge in [-0.1, -0.05) is 12.1 Å². The van der Waals surface area contributed by atoms with E-state index in [1.807, 2.05) is 6.07 Å². The van der Waals surface area contributed by atoms with Crippen LogP contribution in [-0.4, -0.2) is 25.8 Å². The molecule has 2 rings (SSSR count). The van der Waals surface area contributed by atoms with Gasteiger partial charge in [0.1, 0.15) is 11.8 Å². The van der Waals surface area contributed by atoms with Gasteiger partial charge in [-0.25, -0.2) is 9.18 Å². The number of hydrogen-bond donors (Lipinski definition) is 0. The standard InChI is InChI=1S/C19H18FNO4/c1-19(2,11-21)25-16-10-14(23-3)9-15(17(16)20)12-5-7-13(8-6-12)18(22)24-4/h5-10H,1-4H3. The molecule has 2 aromatic carbocycles. The molecule has 25 heavy (non-hydrogen) atoms. The zero-order valence-corrected chi connectivity index (χ0v) is 14.4. The molecule has 0 unspecified atom stereocenters. The lowest BCUT2D eigenvalue weighted by molar-refractivity contribution is 0.0600. The first-order valence-electron chi connectivity index (χ1n) is 7.48. The highest BCUT2D eigenvalue weighted by Crippen LogP contribution is 2.35. The highest BCUT2D eigenvalue weighted by Gasteiger charge is 2.23. The van der Waals surface area contributed by atoms with Crippen LogP contribution in [0.3, 0.4) is 0 Å². The average Bonchev–Trinajstić information content (AvgIpc) is 2.62. The molecular formula is C19H18FNO4. The van der Waals surface area contributed by atoms with Gasteiger partial charge in [-0.2, -0.15) is 5.26 Å². The molecule has 0 N–H and O–H groups in total. The van der Waals surface area contributed by atoms with E-state index in [0.29, 0.717) is 16.9 Å². The van der Waals surface area contributed by atoms with Gasteiger partial charge in [0.05, 0.1) is 19.8 Å². The molecule has 0 aromatic heterocycles. The van der Waals surface area contributed by atoms with Crippen molar-refractivity contribution in [3.63, 3.8) is 0 Å². The Morgan fingerprint density at radius 3 is 2.32 bits per heavy atom. The van der Waals surface area contributed by atoms with Crippen LogP contribution >= 0.6 is 0 Å². The molecule has 0 fully saturated rings. The normalized spacial score (nSPS) is 10.7. The summed E-state index contributed by atoms with van der Waals surface area (Å²) in [4.78, 5) is 11.5. The Bertz CT molecular complexity index is 823. The van der Waals surface area contributed by atoms with Crippen molar-refractivity contribution in [2.75, 3.05) is 14.2 Å². The number of ether oxygens (including phenoxy) is 3. The van der Waals surface area contributed by atoms with Crippen LogP contribution in [-0.2, 0) is 4.74 Å². The van der Waals surface area contributed by atoms with Crippen molar-refractivity contribution in [1.29, 1.82) is 5.26 Å². The second kappa shape index (κ2) is 7.22. The van der Waals surface area contributed by atoms with E-state index < -0.39 is 17.4 Å². The Morgan fingerprint density at radius 2 is 1.80 bits per heavy atom. The molecule has 0 radical (unpaired) electrons. The van der Waals surface area contributed by atoms with Gasteiger partial charge in [-0.3, -0.25) is 0 Å². The molecule has 0 aliphatic rings. The molecule has 2 aromatic rings. The fourth-order valence-electron chi connectivity index (χ4n) is 2.18. The van der Waals surface area contributed by atoms with E-state index in [2.05, 4.69) is 4.74 Å². The molecule has 130 valence electrons. The number of carbonyl (C=O) groups excluding carboxylic acids is 1. The Morgan fingerprint density at radius 1 is 1.16 bits per heavy atom. The van der Waals surface area contributed by atoms with Crippen LogP contribution in [0.5, 0.6) is 11.5 Å². The number of methoxy groups -OCH3 is 2. The quantitative estimate of drug-likeness (QED) is 0.769. The van der Waals surface area contributed by atoms with Crippen LogP contribution in [0.4, 0.5) is 4.39 Å². The number of halogens is 1. The molecular weight excluding hydrogens is 325 g/mol. The van der Waals surface area contributed by atoms with Gasteiger partial charge in [-0.05, 0) is 37.6 Å². The monoisotopic (exact) mass is 343 g/mol. The molecule has 0 bridgehead atoms. The smallest absolute Gasteiger partial charge is 0.337 e. The SMILES string of the molecule is COC(=O)c1ccc(-c2cc(OC)cc(OC(C)(C)C#N)c2F)cc1. The number of rotatable bonds is 5. The van der Waals surface area contributed by atoms with Crippen LogP contribution in [0, 0.1) is 17.1 Å². The first-order valence-corrected chi connectivity index (χ1v) is 7.48. The molecule has 5 nitrogen and oxygen atoms in total. The summed E-state index contributed by atoms with van der Waals surface area (Å²) in [6, 6.07) is 11.2. The van der Waals surface area contributed by atoms with Gasteiger partial charge >= 0.3 is 5.97 Å². The van der Waals surface area contributed by atoms with Gasteiger partial charge in [0.2, 0.25) is 0 Å². The van der Waals surface area contributed by atoms with E-state index in [1.54, 1.807) is 24.3 Å². The summed E-state index contributed by atoms with van der Waals surface area (Å²) in [5.41, 5.74) is -0.0704. The minimum absolute atomic E-state index is 0.0852. The summed E-state index contributed by atoms with van der Waals surface area (Å²) in [5.74, 6) is -0.789. The molecule has 0 spiro atoms. The van der Waals surface area contributed by atoms with Gasteiger partial charge in [0.25, 0.3) is 0 Å². The first kappa shape index (κ1) is 18.3. The zero-order valence-electron chi connectivity index (χ0n) is 14.4. The van der Waals surface area contributed by atoms with E-state index in [9.17, 15) is 9.18 Å². The molecule has 6 heteroatoms. The second-order valence-electron chi connectivity index (χ2n) is 5.78. The van der Waals surface area contributed by atoms with Crippen LogP contribution in [0.15, 0.2) is 36.4 Å². The lowest BCUT2D eigenvalue weighted by Crippen LogP contribution is -2.26. The summed E-state index contributed by atoms with van der Waals surface area (Å²) in [5, 5.41) is 9.09. The van der Waals surface area contributed by atoms with Crippen LogP contribution < -0.4 is 9.47 Å². The largest absolute Gasteiger partial charge is 0.497 e. The van der Waals surface area contributed by atoms with E-state index >= 15 is 0 Å². The van der Waals surface area contributed by atoms with Gasteiger partial charge < -0.3 is 14.2 Å². The van der Waals surface area contributed by atoms with Crippen LogP contribution in [0.1, 0.15) is 24.2 Å². The van der Waals surface area contributed by atoms with Crippen molar-refractivity contribution in [2.24, 2.45) is 0 Å². The summed E-state index contributed by atoms with van der Waals surface area (Å²) >= 11 is 0. The molecule has 0 saturated carbocycles. The van der Waals surface area contributed by atoms with Gasteiger partial charge in [-0.15, -0.1) is 0 Å². The summed E-state index contributed by atoms with van der Waals surface area (Å²) in [7, 11) is 2.75. The number of benzene rings is 2. The third-order valence-corrected chi connectivity index (χ3v) is 3.50. The number of esters is 1. The fourth-order valence-corrected chi connectivity index (χ4v) is 2.18. The fraction of sp³-hybridized carbons (Fsp3) is 0.263. The average molecular weight is 343 g/mol. The summed E-state index contributed by atoms with van der Waals surface area (Å²) < 4.78 is 30.2. The minimum atomic E-state index is -1.20. The number of carbonyl (C=O) groups is 1. The predicted octanol–water partition coefficient (Wildman–Crippen LogP) is 3.97. The first-order chi connectivity index (χ1) is 11.8. The van der Waals surface area contributed by atoms with Gasteiger partial charge in [0, 0.05) is 11.6 Å². The lowest BCUT2D eigenvalue weighted by Gasteiger charge is -2.20. The number of nitrogens with zero attached hydrogens (tertiary/aromatic N) is 1. The van der Waals surface area contributed by atoms with E-state index in [1.165, 1.54) is 40.2 Å². The topological polar surface area (TPSA) is 68.6 Å². The number of hydrogen-bond acceptors (Lipinski definition) is 5. The molecule has 0 heterocycles. The Kier molecular flexibility index (Phi) is 5.28. The third-order valence-electron chi connectivity index (χ3n) is 3.50. The second-order valence-corrected chi connectivity index (χ2v) is 5.78. The Hall–Kier alpha value is -3.07. The minimum Gasteiger partial charge on any atom is -0.497 e. The lowest BCUT2D eigenvalue weighted by atomic mass is 10.0. The number of nitriles is 1. The summed E-state index contributed by atoms with van der Waals surface area (Å²) in [6.07, 6.45) is 0. The molecule has 0 atom stereocenters. The molecule has 0 aliphatic carbocycles.